The predicted molar refractivity (Wildman–Crippen MR) is 458 cm³/mol. The number of rotatable bonds is 10. The zero-order valence-electron chi connectivity index (χ0n) is 69.6. The maximum absolute atomic E-state index is 9.90. The molecule has 0 spiro atoms. The van der Waals surface area contributed by atoms with E-state index in [0.717, 1.165) is 145 Å². The zero-order valence-corrected chi connectivity index (χ0v) is 61.6. The summed E-state index contributed by atoms with van der Waals surface area (Å²) in [5.74, 6) is 0. The summed E-state index contributed by atoms with van der Waals surface area (Å²) < 4.78 is 80.0. The second-order valence-electron chi connectivity index (χ2n) is 31.9. The van der Waals surface area contributed by atoms with E-state index in [4.69, 9.17) is 2.74 Å². The number of hydrogen-bond acceptors (Lipinski definition) is 2. The van der Waals surface area contributed by atoms with Gasteiger partial charge in [0, 0.05) is 72.5 Å². The molecule has 514 valence electrons. The highest BCUT2D eigenvalue weighted by Crippen LogP contribution is 2.55. The van der Waals surface area contributed by atoms with Crippen LogP contribution in [-0.2, 0) is 16.2 Å². The largest absolute Gasteiger partial charge is 0.311 e. The van der Waals surface area contributed by atoms with Crippen LogP contribution >= 0.6 is 0 Å². The van der Waals surface area contributed by atoms with Crippen molar-refractivity contribution in [2.75, 3.05) is 9.80 Å². The van der Waals surface area contributed by atoms with E-state index in [1.807, 2.05) is 18.2 Å². The summed E-state index contributed by atoms with van der Waals surface area (Å²) >= 11 is 0. The van der Waals surface area contributed by atoms with E-state index in [0.29, 0.717) is 5.69 Å². The van der Waals surface area contributed by atoms with Gasteiger partial charge in [-0.3, -0.25) is 0 Å². The molecule has 2 aromatic heterocycles. The summed E-state index contributed by atoms with van der Waals surface area (Å²) in [6, 6.07) is 102. The van der Waals surface area contributed by atoms with Gasteiger partial charge < -0.3 is 18.9 Å². The first kappa shape index (κ1) is 57.0. The molecule has 0 N–H and O–H groups in total. The molecule has 19 rings (SSSR count). The van der Waals surface area contributed by atoms with Crippen molar-refractivity contribution in [2.24, 2.45) is 0 Å². The van der Waals surface area contributed by atoms with Crippen LogP contribution in [0.3, 0.4) is 0 Å². The monoisotopic (exact) mass is 1380 g/mol. The molecule has 0 amide bonds. The van der Waals surface area contributed by atoms with Crippen molar-refractivity contribution >= 4 is 101 Å². The highest BCUT2D eigenvalue weighted by atomic mass is 15.2. The molecule has 15 aromatic carbocycles. The molecule has 107 heavy (non-hydrogen) atoms. The fourth-order valence-electron chi connectivity index (χ4n) is 16.7. The van der Waals surface area contributed by atoms with Crippen LogP contribution in [0.15, 0.2) is 340 Å². The minimum atomic E-state index is -0.519. The zero-order chi connectivity index (χ0) is 79.6. The summed E-state index contributed by atoms with van der Waals surface area (Å²) in [7, 11) is 0. The average molecular weight is 1380 g/mol. The van der Waals surface area contributed by atoms with E-state index in [2.05, 4.69) is 350 Å². The number of benzene rings is 15. The molecule has 5 heteroatoms. The summed E-state index contributed by atoms with van der Waals surface area (Å²) in [4.78, 5) is 5.03. The predicted octanol–water partition coefficient (Wildman–Crippen LogP) is 25.9. The van der Waals surface area contributed by atoms with Crippen molar-refractivity contribution in [2.45, 2.75) is 78.6 Å². The van der Waals surface area contributed by atoms with Crippen molar-refractivity contribution in [1.82, 2.24) is 9.13 Å². The molecular formula is C102H83BN4. The topological polar surface area (TPSA) is 16.3 Å². The van der Waals surface area contributed by atoms with Crippen molar-refractivity contribution in [1.29, 1.82) is 0 Å². The molecule has 0 aliphatic carbocycles. The molecule has 17 aromatic rings. The van der Waals surface area contributed by atoms with Gasteiger partial charge in [0.25, 0.3) is 6.71 Å². The Hall–Kier alpha value is -12.4. The minimum absolute atomic E-state index is 0.00751. The molecule has 0 saturated heterocycles. The number of fused-ring (bicyclic) bond motifs is 10. The first-order valence-electron chi connectivity index (χ1n) is 41.2. The molecule has 2 aliphatic rings. The fraction of sp³-hybridized carbons (Fsp3) is 0.118. The third-order valence-corrected chi connectivity index (χ3v) is 22.1. The van der Waals surface area contributed by atoms with E-state index in [9.17, 15) is 8.22 Å². The van der Waals surface area contributed by atoms with Gasteiger partial charge in [0.1, 0.15) is 0 Å². The van der Waals surface area contributed by atoms with E-state index in [-0.39, 0.29) is 50.1 Å². The molecular weight excluding hydrogens is 1290 g/mol. The summed E-state index contributed by atoms with van der Waals surface area (Å²) in [5.41, 5.74) is 27.3. The molecule has 0 fully saturated rings. The second-order valence-corrected chi connectivity index (χ2v) is 31.9. The van der Waals surface area contributed by atoms with Gasteiger partial charge in [0.05, 0.1) is 38.7 Å². The van der Waals surface area contributed by atoms with Crippen LogP contribution in [0.1, 0.15) is 90.0 Å². The van der Waals surface area contributed by atoms with Crippen molar-refractivity contribution < 1.29 is 11.0 Å². The lowest BCUT2D eigenvalue weighted by atomic mass is 9.33. The van der Waals surface area contributed by atoms with Gasteiger partial charge in [-0.1, -0.05) is 305 Å². The average Bonchev–Trinajstić information content (AvgIpc) is 1.16. The Balaban J connectivity index is 1.03. The van der Waals surface area contributed by atoms with Gasteiger partial charge in [-0.25, -0.2) is 0 Å². The van der Waals surface area contributed by atoms with Crippen molar-refractivity contribution in [3.63, 3.8) is 0 Å². The quantitative estimate of drug-likeness (QED) is 0.127. The number of hydrogen-bond donors (Lipinski definition) is 0. The number of anilines is 6. The number of para-hydroxylation sites is 4. The maximum Gasteiger partial charge on any atom is 0.252 e. The van der Waals surface area contributed by atoms with Gasteiger partial charge in [0.2, 0.25) is 0 Å². The van der Waals surface area contributed by atoms with Crippen LogP contribution in [0, 0.1) is 0 Å². The van der Waals surface area contributed by atoms with Crippen LogP contribution in [0.25, 0.3) is 122 Å². The van der Waals surface area contributed by atoms with E-state index >= 15 is 0 Å². The van der Waals surface area contributed by atoms with E-state index in [1.54, 1.807) is 4.57 Å². The third kappa shape index (κ3) is 11.0. The van der Waals surface area contributed by atoms with Crippen LogP contribution in [0.2, 0.25) is 0 Å². The Morgan fingerprint density at radius 1 is 0.271 bits per heavy atom. The lowest BCUT2D eigenvalue weighted by Gasteiger charge is -2.45. The van der Waals surface area contributed by atoms with Crippen LogP contribution < -0.4 is 26.2 Å². The third-order valence-electron chi connectivity index (χ3n) is 22.1. The van der Waals surface area contributed by atoms with Crippen molar-refractivity contribution in [3.8, 4) is 78.1 Å². The molecule has 0 bridgehead atoms. The van der Waals surface area contributed by atoms with Gasteiger partial charge in [-0.15, -0.1) is 0 Å². The highest BCUT2D eigenvalue weighted by Gasteiger charge is 2.46. The standard InChI is InChI=1S/C102H83BN4/c1-100(2,3)75-55-73(56-76(62-75)101(4,5)6)70-50-52-87-93(59-70)107(99-85(68-36-19-12-20-37-68)63-77(102(7,8)9)64-86(99)69-38-21-13-22-39-69)96-61-74(81-45-31-49-92-97(81)84-44-27-30-48-91(84)104(92)78-40-23-14-24-41-78)60-95-98(96)103(87)88-53-51-79(105-89-46-28-25-42-82(89)83-43-26-29-47-90(83)105)65-94(88)106(95)80-57-71(66-32-15-10-16-33-66)54-72(58-80)67-34-17-11-18-35-67/h10-65H,1-9H3/i25D,26D,28D,29D,42D,43D,46D,47D. The molecule has 0 unspecified atom stereocenters. The van der Waals surface area contributed by atoms with Gasteiger partial charge in [0.15, 0.2) is 0 Å². The first-order chi connectivity index (χ1) is 55.3. The Morgan fingerprint density at radius 2 is 0.720 bits per heavy atom. The van der Waals surface area contributed by atoms with Crippen molar-refractivity contribution in [3.05, 3.63) is 356 Å². The van der Waals surface area contributed by atoms with Gasteiger partial charge in [-0.2, -0.15) is 0 Å². The molecule has 0 radical (unpaired) electrons. The minimum Gasteiger partial charge on any atom is -0.311 e. The lowest BCUT2D eigenvalue weighted by Crippen LogP contribution is -2.61. The maximum atomic E-state index is 9.90. The number of aromatic nitrogens is 2. The Labute approximate surface area is 640 Å². The van der Waals surface area contributed by atoms with Gasteiger partial charge in [-0.05, 0) is 202 Å². The van der Waals surface area contributed by atoms with Crippen LogP contribution in [0.5, 0.6) is 0 Å². The summed E-state index contributed by atoms with van der Waals surface area (Å²) in [6.07, 6.45) is 0. The van der Waals surface area contributed by atoms with E-state index in [1.165, 1.54) is 16.7 Å². The fourth-order valence-corrected chi connectivity index (χ4v) is 16.7. The molecule has 4 heterocycles. The Morgan fingerprint density at radius 3 is 1.28 bits per heavy atom. The molecule has 0 saturated carbocycles. The number of nitrogens with zero attached hydrogens (tertiary/aromatic N) is 4. The Kier molecular flexibility index (Phi) is 13.4. The smallest absolute Gasteiger partial charge is 0.252 e. The summed E-state index contributed by atoms with van der Waals surface area (Å²) in [5, 5.41) is 2.19. The Bertz CT molecular complexity index is 6650. The molecule has 4 nitrogen and oxygen atoms in total. The van der Waals surface area contributed by atoms with E-state index < -0.39 is 43.0 Å². The lowest BCUT2D eigenvalue weighted by molar-refractivity contribution is 0.569. The normalized spacial score (nSPS) is 13.9. The van der Waals surface area contributed by atoms with Gasteiger partial charge >= 0.3 is 0 Å². The highest BCUT2D eigenvalue weighted by molar-refractivity contribution is 7.00. The molecule has 0 atom stereocenters. The van der Waals surface area contributed by atoms with Crippen LogP contribution in [0.4, 0.5) is 34.1 Å². The summed E-state index contributed by atoms with van der Waals surface area (Å²) in [6.45, 7) is 20.2. The first-order valence-corrected chi connectivity index (χ1v) is 37.2. The molecule has 2 aliphatic heterocycles. The SMILES string of the molecule is [2H]c1c([2H])c([2H])c2c(c1[2H])c1c([2H])c([2H])c([2H])c([2H])c1n2-c1ccc2c(c1)N(c1cc(-c3ccccc3)cc(-c3ccccc3)c1)c1cc(-c3cccc4c3c3ccccc3n4-c3ccccc3)cc3c1B2c1ccc(-c2cc(C(C)(C)C)cc(C(C)(C)C)c2)cc1N3c1c(-c2ccccc2)cc(C(C)(C)C)cc1-c1ccccc1. The van der Waals surface area contributed by atoms with Crippen LogP contribution in [-0.4, -0.2) is 15.8 Å². The second kappa shape index (κ2) is 25.1.